The van der Waals surface area contributed by atoms with E-state index in [9.17, 15) is 9.59 Å². The van der Waals surface area contributed by atoms with Crippen molar-refractivity contribution < 1.29 is 14.3 Å². The van der Waals surface area contributed by atoms with Gasteiger partial charge in [0, 0.05) is 25.6 Å². The number of carbonyl (C=O) groups excluding carboxylic acids is 2. The summed E-state index contributed by atoms with van der Waals surface area (Å²) in [5.41, 5.74) is 0. The number of rotatable bonds is 3. The maximum absolute atomic E-state index is 12.0. The Hall–Kier alpha value is -1.30. The van der Waals surface area contributed by atoms with Crippen LogP contribution in [-0.4, -0.2) is 55.7 Å². The topological polar surface area (TPSA) is 70.7 Å². The molecule has 0 radical (unpaired) electrons. The van der Waals surface area contributed by atoms with Crippen molar-refractivity contribution in [2.75, 3.05) is 26.7 Å². The Morgan fingerprint density at radius 2 is 2.28 bits per heavy atom. The van der Waals surface area contributed by atoms with Gasteiger partial charge in [-0.05, 0) is 25.8 Å². The zero-order valence-electron chi connectivity index (χ0n) is 10.8. The maximum Gasteiger partial charge on any atom is 0.407 e. The highest BCUT2D eigenvalue weighted by Crippen LogP contribution is 2.15. The van der Waals surface area contributed by atoms with E-state index in [1.165, 1.54) is 7.11 Å². The van der Waals surface area contributed by atoms with Crippen molar-refractivity contribution in [1.82, 2.24) is 15.5 Å². The van der Waals surface area contributed by atoms with Gasteiger partial charge in [-0.2, -0.15) is 0 Å². The van der Waals surface area contributed by atoms with Gasteiger partial charge in [0.15, 0.2) is 0 Å². The van der Waals surface area contributed by atoms with Gasteiger partial charge >= 0.3 is 6.09 Å². The first-order valence-electron chi connectivity index (χ1n) is 6.54. The van der Waals surface area contributed by atoms with Gasteiger partial charge in [0.2, 0.25) is 5.91 Å². The van der Waals surface area contributed by atoms with Crippen LogP contribution in [0.2, 0.25) is 0 Å². The molecule has 102 valence electrons. The van der Waals surface area contributed by atoms with Crippen LogP contribution in [0.3, 0.4) is 0 Å². The molecular formula is C12H21N3O3. The van der Waals surface area contributed by atoms with Crippen molar-refractivity contribution in [3.8, 4) is 0 Å². The largest absolute Gasteiger partial charge is 0.453 e. The van der Waals surface area contributed by atoms with Crippen LogP contribution in [-0.2, 0) is 9.53 Å². The molecule has 0 aromatic rings. The summed E-state index contributed by atoms with van der Waals surface area (Å²) in [4.78, 5) is 25.0. The molecule has 2 amide bonds. The molecule has 0 aliphatic carbocycles. The van der Waals surface area contributed by atoms with Crippen molar-refractivity contribution in [2.45, 2.75) is 37.8 Å². The highest BCUT2D eigenvalue weighted by molar-refractivity contribution is 5.77. The minimum Gasteiger partial charge on any atom is -0.453 e. The average molecular weight is 255 g/mol. The van der Waals surface area contributed by atoms with E-state index in [1.54, 1.807) is 0 Å². The molecule has 0 aromatic carbocycles. The number of nitrogens with zero attached hydrogens (tertiary/aromatic N) is 1. The molecule has 2 N–H and O–H groups in total. The monoisotopic (exact) mass is 255 g/mol. The summed E-state index contributed by atoms with van der Waals surface area (Å²) in [6.45, 7) is 2.34. The second-order valence-electron chi connectivity index (χ2n) is 4.96. The number of ether oxygens (including phenoxy) is 1. The lowest BCUT2D eigenvalue weighted by Crippen LogP contribution is -2.39. The number of amides is 2. The number of alkyl carbamates (subject to hydrolysis) is 1. The summed E-state index contributed by atoms with van der Waals surface area (Å²) < 4.78 is 4.55. The fourth-order valence-corrected chi connectivity index (χ4v) is 2.60. The predicted octanol–water partition coefficient (Wildman–Crippen LogP) is 0.0854. The molecular weight excluding hydrogens is 234 g/mol. The minimum absolute atomic E-state index is 0.0259. The third kappa shape index (κ3) is 3.35. The van der Waals surface area contributed by atoms with Crippen LogP contribution in [0.25, 0.3) is 0 Å². The third-order valence-electron chi connectivity index (χ3n) is 3.63. The molecule has 2 aliphatic heterocycles. The number of methoxy groups -OCH3 is 1. The molecule has 6 nitrogen and oxygen atoms in total. The van der Waals surface area contributed by atoms with Crippen molar-refractivity contribution in [3.63, 3.8) is 0 Å². The second-order valence-corrected chi connectivity index (χ2v) is 4.96. The number of carbonyl (C=O) groups is 2. The van der Waals surface area contributed by atoms with Crippen LogP contribution in [0.5, 0.6) is 0 Å². The van der Waals surface area contributed by atoms with Gasteiger partial charge in [0.25, 0.3) is 0 Å². The van der Waals surface area contributed by atoms with Gasteiger partial charge in [-0.25, -0.2) is 4.79 Å². The molecule has 2 unspecified atom stereocenters. The molecule has 2 heterocycles. The molecule has 0 aromatic heterocycles. The Labute approximate surface area is 107 Å². The lowest BCUT2D eigenvalue weighted by Gasteiger charge is -2.19. The summed E-state index contributed by atoms with van der Waals surface area (Å²) in [7, 11) is 1.35. The summed E-state index contributed by atoms with van der Waals surface area (Å²) in [6, 6.07) is 0.364. The van der Waals surface area contributed by atoms with Gasteiger partial charge in [-0.3, -0.25) is 4.79 Å². The molecule has 0 spiro atoms. The molecule has 0 saturated carbocycles. The molecule has 2 aliphatic rings. The van der Waals surface area contributed by atoms with E-state index in [-0.39, 0.29) is 11.9 Å². The number of nitrogens with one attached hydrogen (secondary N) is 2. The zero-order valence-corrected chi connectivity index (χ0v) is 10.8. The van der Waals surface area contributed by atoms with Crippen LogP contribution < -0.4 is 10.6 Å². The second kappa shape index (κ2) is 6.04. The molecule has 2 atom stereocenters. The van der Waals surface area contributed by atoms with E-state index in [0.717, 1.165) is 32.4 Å². The van der Waals surface area contributed by atoms with Gasteiger partial charge in [-0.15, -0.1) is 0 Å². The van der Waals surface area contributed by atoms with Crippen molar-refractivity contribution in [1.29, 1.82) is 0 Å². The number of likely N-dealkylation sites (tertiary alicyclic amines) is 1. The summed E-state index contributed by atoms with van der Waals surface area (Å²) >= 11 is 0. The Balaban J connectivity index is 1.73. The summed E-state index contributed by atoms with van der Waals surface area (Å²) in [5, 5.41) is 6.06. The SMILES string of the molecule is COC(=O)NC1CCN(C(=O)CC2CCCN2)C1. The molecule has 2 saturated heterocycles. The molecule has 0 bridgehead atoms. The first kappa shape index (κ1) is 13.1. The van der Waals surface area contributed by atoms with Crippen LogP contribution in [0.1, 0.15) is 25.7 Å². The number of hydrogen-bond acceptors (Lipinski definition) is 4. The van der Waals surface area contributed by atoms with E-state index in [2.05, 4.69) is 15.4 Å². The summed E-state index contributed by atoms with van der Waals surface area (Å²) in [5.74, 6) is 0.184. The summed E-state index contributed by atoms with van der Waals surface area (Å²) in [6.07, 6.45) is 3.20. The van der Waals surface area contributed by atoms with E-state index in [1.807, 2.05) is 4.90 Å². The third-order valence-corrected chi connectivity index (χ3v) is 3.63. The van der Waals surface area contributed by atoms with Crippen LogP contribution in [0.4, 0.5) is 4.79 Å². The first-order valence-corrected chi connectivity index (χ1v) is 6.54. The van der Waals surface area contributed by atoms with Crippen molar-refractivity contribution in [3.05, 3.63) is 0 Å². The van der Waals surface area contributed by atoms with Gasteiger partial charge in [0.05, 0.1) is 13.2 Å². The van der Waals surface area contributed by atoms with E-state index >= 15 is 0 Å². The standard InChI is InChI=1S/C12H21N3O3/c1-18-12(17)14-10-4-6-15(8-10)11(16)7-9-3-2-5-13-9/h9-10,13H,2-8H2,1H3,(H,14,17). The number of hydrogen-bond donors (Lipinski definition) is 2. The van der Waals surface area contributed by atoms with Gasteiger partial charge < -0.3 is 20.3 Å². The fourth-order valence-electron chi connectivity index (χ4n) is 2.60. The smallest absolute Gasteiger partial charge is 0.407 e. The highest BCUT2D eigenvalue weighted by Gasteiger charge is 2.29. The van der Waals surface area contributed by atoms with E-state index < -0.39 is 6.09 Å². The molecule has 2 rings (SSSR count). The molecule has 6 heteroatoms. The lowest BCUT2D eigenvalue weighted by atomic mass is 10.1. The average Bonchev–Trinajstić information content (AvgIpc) is 3.00. The van der Waals surface area contributed by atoms with Crippen LogP contribution in [0, 0.1) is 0 Å². The highest BCUT2D eigenvalue weighted by atomic mass is 16.5. The lowest BCUT2D eigenvalue weighted by molar-refractivity contribution is -0.130. The Bertz CT molecular complexity index is 316. The Morgan fingerprint density at radius 3 is 2.94 bits per heavy atom. The van der Waals surface area contributed by atoms with E-state index in [0.29, 0.717) is 19.0 Å². The fraction of sp³-hybridized carbons (Fsp3) is 0.833. The van der Waals surface area contributed by atoms with E-state index in [4.69, 9.17) is 0 Å². The normalized spacial score (nSPS) is 27.3. The van der Waals surface area contributed by atoms with Crippen LogP contribution >= 0.6 is 0 Å². The first-order chi connectivity index (χ1) is 8.69. The molecule has 2 fully saturated rings. The Kier molecular flexibility index (Phi) is 4.41. The van der Waals surface area contributed by atoms with Crippen molar-refractivity contribution in [2.24, 2.45) is 0 Å². The van der Waals surface area contributed by atoms with Gasteiger partial charge in [-0.1, -0.05) is 0 Å². The molecule has 18 heavy (non-hydrogen) atoms. The Morgan fingerprint density at radius 1 is 1.44 bits per heavy atom. The van der Waals surface area contributed by atoms with Crippen molar-refractivity contribution >= 4 is 12.0 Å². The quantitative estimate of drug-likeness (QED) is 0.749. The maximum atomic E-state index is 12.0. The zero-order chi connectivity index (χ0) is 13.0. The van der Waals surface area contributed by atoms with Crippen LogP contribution in [0.15, 0.2) is 0 Å². The van der Waals surface area contributed by atoms with Gasteiger partial charge in [0.1, 0.15) is 0 Å². The minimum atomic E-state index is -0.424. The predicted molar refractivity (Wildman–Crippen MR) is 66.2 cm³/mol.